The topological polar surface area (TPSA) is 29.1 Å². The summed E-state index contributed by atoms with van der Waals surface area (Å²) in [5, 5.41) is 2.61. The number of hydrogen-bond acceptors (Lipinski definition) is 1. The second-order valence-corrected chi connectivity index (χ2v) is 3.63. The van der Waals surface area contributed by atoms with Gasteiger partial charge < -0.3 is 5.32 Å². The summed E-state index contributed by atoms with van der Waals surface area (Å²) in [5.74, 6) is 0.0903. The lowest BCUT2D eigenvalue weighted by Crippen LogP contribution is -2.58. The molecule has 0 bridgehead atoms. The van der Waals surface area contributed by atoms with Crippen LogP contribution in [0, 0.1) is 0 Å². The summed E-state index contributed by atoms with van der Waals surface area (Å²) in [6.45, 7) is 2.61. The third kappa shape index (κ3) is 0.650. The Morgan fingerprint density at radius 2 is 2.43 bits per heavy atom. The molecule has 0 aliphatic carbocycles. The lowest BCUT2D eigenvalue weighted by atomic mass is 10.1. The maximum absolute atomic E-state index is 10.4. The second-order valence-electron chi connectivity index (χ2n) is 1.88. The zero-order valence-electron chi connectivity index (χ0n) is 3.99. The van der Waals surface area contributed by atoms with E-state index >= 15 is 0 Å². The number of alkyl halides is 1. The Morgan fingerprint density at radius 3 is 2.43 bits per heavy atom. The molecule has 40 valence electrons. The second kappa shape index (κ2) is 1.22. The van der Waals surface area contributed by atoms with Crippen LogP contribution in [0.2, 0.25) is 0 Å². The zero-order chi connectivity index (χ0) is 5.49. The van der Waals surface area contributed by atoms with Gasteiger partial charge in [-0.15, -0.1) is 0 Å². The van der Waals surface area contributed by atoms with Crippen molar-refractivity contribution in [1.29, 1.82) is 0 Å². The first-order valence-electron chi connectivity index (χ1n) is 2.10. The van der Waals surface area contributed by atoms with E-state index in [1.807, 2.05) is 6.92 Å². The Morgan fingerprint density at radius 1 is 2.00 bits per heavy atom. The number of halogens is 1. The minimum absolute atomic E-state index is 0.0903. The van der Waals surface area contributed by atoms with E-state index < -0.39 is 0 Å². The van der Waals surface area contributed by atoms with Gasteiger partial charge >= 0.3 is 0 Å². The van der Waals surface area contributed by atoms with Crippen LogP contribution in [0.4, 0.5) is 0 Å². The molecule has 0 aromatic rings. The Bertz CT molecular complexity index is 110. The zero-order valence-corrected chi connectivity index (χ0v) is 5.58. The van der Waals surface area contributed by atoms with Crippen LogP contribution >= 0.6 is 15.9 Å². The Kier molecular flexibility index (Phi) is 0.885. The molecule has 1 heterocycles. The monoisotopic (exact) mass is 163 g/mol. The molecule has 2 nitrogen and oxygen atoms in total. The highest BCUT2D eigenvalue weighted by Gasteiger charge is 2.38. The van der Waals surface area contributed by atoms with Gasteiger partial charge in [-0.1, -0.05) is 15.9 Å². The van der Waals surface area contributed by atoms with Gasteiger partial charge in [0.05, 0.1) is 0 Å². The summed E-state index contributed by atoms with van der Waals surface area (Å²) in [6.07, 6.45) is 0. The summed E-state index contributed by atoms with van der Waals surface area (Å²) in [5.41, 5.74) is 0. The van der Waals surface area contributed by atoms with Gasteiger partial charge in [-0.25, -0.2) is 0 Å². The molecule has 7 heavy (non-hydrogen) atoms. The van der Waals surface area contributed by atoms with E-state index in [2.05, 4.69) is 21.2 Å². The molecule has 1 aliphatic rings. The number of amides is 1. The summed E-state index contributed by atoms with van der Waals surface area (Å²) < 4.78 is -0.257. The third-order valence-corrected chi connectivity index (χ3v) is 1.69. The molecule has 0 radical (unpaired) electrons. The third-order valence-electron chi connectivity index (χ3n) is 1.05. The molecule has 1 aliphatic heterocycles. The first-order chi connectivity index (χ1) is 3.13. The van der Waals surface area contributed by atoms with Crippen LogP contribution in [0.5, 0.6) is 0 Å². The van der Waals surface area contributed by atoms with Crippen molar-refractivity contribution < 1.29 is 4.79 Å². The van der Waals surface area contributed by atoms with Gasteiger partial charge in [0.2, 0.25) is 5.91 Å². The van der Waals surface area contributed by atoms with Gasteiger partial charge in [-0.05, 0) is 6.92 Å². The van der Waals surface area contributed by atoms with Crippen molar-refractivity contribution in [3.8, 4) is 0 Å². The molecule has 0 saturated carbocycles. The quantitative estimate of drug-likeness (QED) is 0.404. The van der Waals surface area contributed by atoms with Gasteiger partial charge in [0.1, 0.15) is 4.32 Å². The van der Waals surface area contributed by atoms with Crippen LogP contribution in [0.25, 0.3) is 0 Å². The molecule has 0 aromatic carbocycles. The molecule has 1 unspecified atom stereocenters. The first-order valence-corrected chi connectivity index (χ1v) is 2.89. The van der Waals surface area contributed by atoms with Gasteiger partial charge in [0.15, 0.2) is 0 Å². The first kappa shape index (κ1) is 5.09. The minimum atomic E-state index is -0.257. The van der Waals surface area contributed by atoms with Crippen molar-refractivity contribution in [3.05, 3.63) is 0 Å². The summed E-state index contributed by atoms with van der Waals surface area (Å²) in [6, 6.07) is 0. The number of carbonyl (C=O) groups excluding carboxylic acids is 1. The molecule has 1 N–H and O–H groups in total. The molecule has 0 aromatic heterocycles. The largest absolute Gasteiger partial charge is 0.353 e. The van der Waals surface area contributed by atoms with Gasteiger partial charge in [0, 0.05) is 6.54 Å². The van der Waals surface area contributed by atoms with Crippen molar-refractivity contribution in [1.82, 2.24) is 5.32 Å². The lowest BCUT2D eigenvalue weighted by Gasteiger charge is -2.31. The van der Waals surface area contributed by atoms with Crippen molar-refractivity contribution >= 4 is 21.8 Å². The number of rotatable bonds is 0. The van der Waals surface area contributed by atoms with Crippen LogP contribution in [0.3, 0.4) is 0 Å². The predicted molar refractivity (Wildman–Crippen MR) is 30.3 cm³/mol. The number of hydrogen-bond donors (Lipinski definition) is 1. The smallest absolute Gasteiger partial charge is 0.238 e. The number of nitrogens with one attached hydrogen (secondary N) is 1. The van der Waals surface area contributed by atoms with E-state index in [1.54, 1.807) is 0 Å². The highest BCUT2D eigenvalue weighted by molar-refractivity contribution is 9.10. The Labute approximate surface area is 50.4 Å². The lowest BCUT2D eigenvalue weighted by molar-refractivity contribution is -0.127. The van der Waals surface area contributed by atoms with Crippen LogP contribution in [0.1, 0.15) is 6.92 Å². The van der Waals surface area contributed by atoms with Crippen LogP contribution in [0.15, 0.2) is 0 Å². The number of β-lactam (4-membered cyclic amide) rings is 1. The molecular weight excluding hydrogens is 158 g/mol. The van der Waals surface area contributed by atoms with Crippen LogP contribution < -0.4 is 5.32 Å². The molecule has 0 spiro atoms. The maximum atomic E-state index is 10.4. The number of carbonyl (C=O) groups is 1. The fourth-order valence-corrected chi connectivity index (χ4v) is 0.685. The van der Waals surface area contributed by atoms with E-state index in [-0.39, 0.29) is 10.2 Å². The molecule has 1 fully saturated rings. The molecule has 3 heteroatoms. The summed E-state index contributed by atoms with van der Waals surface area (Å²) in [4.78, 5) is 10.4. The van der Waals surface area contributed by atoms with Crippen molar-refractivity contribution in [2.45, 2.75) is 11.2 Å². The van der Waals surface area contributed by atoms with Crippen molar-refractivity contribution in [2.75, 3.05) is 6.54 Å². The summed E-state index contributed by atoms with van der Waals surface area (Å²) >= 11 is 3.22. The molecular formula is C4H6BrNO. The molecule has 1 atom stereocenters. The standard InChI is InChI=1S/C4H6BrNO/c1-4(5)2-6-3(4)7/h2H2,1H3,(H,6,7). The Balaban J connectivity index is 2.59. The van der Waals surface area contributed by atoms with Crippen LogP contribution in [-0.4, -0.2) is 16.8 Å². The van der Waals surface area contributed by atoms with Crippen molar-refractivity contribution in [2.24, 2.45) is 0 Å². The fraction of sp³-hybridized carbons (Fsp3) is 0.750. The highest BCUT2D eigenvalue weighted by Crippen LogP contribution is 2.22. The van der Waals surface area contributed by atoms with E-state index in [4.69, 9.17) is 0 Å². The van der Waals surface area contributed by atoms with E-state index in [1.165, 1.54) is 0 Å². The molecule has 1 amide bonds. The summed E-state index contributed by atoms with van der Waals surface area (Å²) in [7, 11) is 0. The SMILES string of the molecule is CC1(Br)CNC1=O. The highest BCUT2D eigenvalue weighted by atomic mass is 79.9. The van der Waals surface area contributed by atoms with E-state index in [0.29, 0.717) is 0 Å². The van der Waals surface area contributed by atoms with E-state index in [9.17, 15) is 4.79 Å². The van der Waals surface area contributed by atoms with Gasteiger partial charge in [-0.3, -0.25) is 4.79 Å². The van der Waals surface area contributed by atoms with E-state index in [0.717, 1.165) is 6.54 Å². The predicted octanol–water partition coefficient (Wildman–Crippen LogP) is 0.270. The molecule has 1 rings (SSSR count). The normalized spacial score (nSPS) is 39.4. The fourth-order valence-electron chi connectivity index (χ4n) is 0.404. The average molecular weight is 164 g/mol. The minimum Gasteiger partial charge on any atom is -0.353 e. The Hall–Kier alpha value is -0.0500. The average Bonchev–Trinajstić information content (AvgIpc) is 1.63. The van der Waals surface area contributed by atoms with Gasteiger partial charge in [-0.2, -0.15) is 0 Å². The van der Waals surface area contributed by atoms with Crippen LogP contribution in [-0.2, 0) is 4.79 Å². The maximum Gasteiger partial charge on any atom is 0.238 e. The van der Waals surface area contributed by atoms with Crippen molar-refractivity contribution in [3.63, 3.8) is 0 Å². The van der Waals surface area contributed by atoms with Gasteiger partial charge in [0.25, 0.3) is 0 Å². The molecule has 1 saturated heterocycles.